The van der Waals surface area contributed by atoms with E-state index in [-0.39, 0.29) is 24.2 Å². The third-order valence-corrected chi connectivity index (χ3v) is 4.40. The van der Waals surface area contributed by atoms with E-state index in [1.165, 1.54) is 11.3 Å². The van der Waals surface area contributed by atoms with Gasteiger partial charge in [-0.15, -0.1) is 11.3 Å². The number of nitrogens with one attached hydrogen (secondary N) is 1. The Labute approximate surface area is 132 Å². The lowest BCUT2D eigenvalue weighted by atomic mass is 10.1. The number of hydrogen-bond donors (Lipinski definition) is 1. The number of thiazole rings is 1. The van der Waals surface area contributed by atoms with Crippen molar-refractivity contribution in [2.24, 2.45) is 5.92 Å². The lowest BCUT2D eigenvalue weighted by Crippen LogP contribution is -2.34. The van der Waals surface area contributed by atoms with E-state index < -0.39 is 0 Å². The molecule has 0 saturated carbocycles. The van der Waals surface area contributed by atoms with Gasteiger partial charge in [0.05, 0.1) is 5.92 Å². The Balaban J connectivity index is 1.50. The predicted molar refractivity (Wildman–Crippen MR) is 83.5 cm³/mol. The second-order valence-corrected chi connectivity index (χ2v) is 5.99. The van der Waals surface area contributed by atoms with Gasteiger partial charge < -0.3 is 5.32 Å². The normalized spacial score (nSPS) is 17.7. The van der Waals surface area contributed by atoms with E-state index >= 15 is 0 Å². The van der Waals surface area contributed by atoms with E-state index in [4.69, 9.17) is 0 Å². The predicted octanol–water partition coefficient (Wildman–Crippen LogP) is 1.25. The second-order valence-electron chi connectivity index (χ2n) is 5.12. The monoisotopic (exact) mass is 316 g/mol. The van der Waals surface area contributed by atoms with Crippen LogP contribution in [-0.4, -0.2) is 34.9 Å². The van der Waals surface area contributed by atoms with Gasteiger partial charge in [0.25, 0.3) is 0 Å². The molecule has 1 fully saturated rings. The summed E-state index contributed by atoms with van der Waals surface area (Å²) >= 11 is 1.41. The molecule has 6 nitrogen and oxygen atoms in total. The smallest absolute Gasteiger partial charge is 0.229 e. The Morgan fingerprint density at radius 2 is 2.18 bits per heavy atom. The fraction of sp³-hybridized carbons (Fsp3) is 0.333. The molecule has 2 amide bonds. The summed E-state index contributed by atoms with van der Waals surface area (Å²) in [7, 11) is 0. The summed E-state index contributed by atoms with van der Waals surface area (Å²) < 4.78 is 0. The number of anilines is 1. The van der Waals surface area contributed by atoms with Crippen LogP contribution in [0.2, 0.25) is 0 Å². The Kier molecular flexibility index (Phi) is 4.43. The molecule has 0 radical (unpaired) electrons. The molecule has 1 atom stereocenters. The van der Waals surface area contributed by atoms with Gasteiger partial charge in [-0.05, 0) is 24.1 Å². The molecule has 114 valence electrons. The van der Waals surface area contributed by atoms with Crippen molar-refractivity contribution in [3.63, 3.8) is 0 Å². The van der Waals surface area contributed by atoms with Gasteiger partial charge in [0.1, 0.15) is 0 Å². The molecule has 22 heavy (non-hydrogen) atoms. The number of rotatable bonds is 5. The van der Waals surface area contributed by atoms with E-state index in [1.54, 1.807) is 23.5 Å². The Morgan fingerprint density at radius 1 is 1.36 bits per heavy atom. The molecule has 2 aromatic rings. The van der Waals surface area contributed by atoms with Gasteiger partial charge in [0, 0.05) is 43.5 Å². The van der Waals surface area contributed by atoms with Crippen LogP contribution in [0, 0.1) is 5.92 Å². The average molecular weight is 316 g/mol. The van der Waals surface area contributed by atoms with E-state index in [9.17, 15) is 9.59 Å². The van der Waals surface area contributed by atoms with Crippen LogP contribution in [0.5, 0.6) is 0 Å². The summed E-state index contributed by atoms with van der Waals surface area (Å²) in [6.07, 6.45) is 6.14. The summed E-state index contributed by atoms with van der Waals surface area (Å²) in [5.41, 5.74) is 1.13. The SMILES string of the molecule is O=C(NCCc1ccncc1)C1CC(=O)N(c2nccs2)C1. The maximum absolute atomic E-state index is 12.2. The van der Waals surface area contributed by atoms with Gasteiger partial charge >= 0.3 is 0 Å². The number of pyridine rings is 1. The molecule has 0 bridgehead atoms. The highest BCUT2D eigenvalue weighted by molar-refractivity contribution is 7.13. The van der Waals surface area contributed by atoms with Crippen molar-refractivity contribution >= 4 is 28.3 Å². The molecular weight excluding hydrogens is 300 g/mol. The number of nitrogens with zero attached hydrogens (tertiary/aromatic N) is 3. The van der Waals surface area contributed by atoms with Gasteiger partial charge in [-0.2, -0.15) is 0 Å². The Hall–Kier alpha value is -2.28. The first kappa shape index (κ1) is 14.6. The number of hydrogen-bond acceptors (Lipinski definition) is 5. The quantitative estimate of drug-likeness (QED) is 0.901. The molecule has 1 aliphatic heterocycles. The molecule has 0 aliphatic carbocycles. The molecular formula is C15H16N4O2S. The Morgan fingerprint density at radius 3 is 2.91 bits per heavy atom. The van der Waals surface area contributed by atoms with E-state index in [2.05, 4.69) is 15.3 Å². The van der Waals surface area contributed by atoms with E-state index in [1.807, 2.05) is 17.5 Å². The Bertz CT molecular complexity index is 645. The van der Waals surface area contributed by atoms with Crippen LogP contribution in [0.3, 0.4) is 0 Å². The van der Waals surface area contributed by atoms with Gasteiger partial charge in [0.15, 0.2) is 5.13 Å². The average Bonchev–Trinajstić information content (AvgIpc) is 3.17. The fourth-order valence-corrected chi connectivity index (χ4v) is 3.11. The van der Waals surface area contributed by atoms with Crippen molar-refractivity contribution < 1.29 is 9.59 Å². The number of aromatic nitrogens is 2. The first-order valence-corrected chi connectivity index (χ1v) is 7.98. The molecule has 1 unspecified atom stereocenters. The first-order chi connectivity index (χ1) is 10.7. The molecule has 2 aromatic heterocycles. The molecule has 1 saturated heterocycles. The molecule has 3 rings (SSSR count). The molecule has 3 heterocycles. The van der Waals surface area contributed by atoms with Crippen LogP contribution in [0.25, 0.3) is 0 Å². The van der Waals surface area contributed by atoms with Gasteiger partial charge in [-0.1, -0.05) is 0 Å². The highest BCUT2D eigenvalue weighted by Gasteiger charge is 2.35. The lowest BCUT2D eigenvalue weighted by Gasteiger charge is -2.13. The largest absolute Gasteiger partial charge is 0.355 e. The highest BCUT2D eigenvalue weighted by Crippen LogP contribution is 2.26. The summed E-state index contributed by atoms with van der Waals surface area (Å²) in [5, 5.41) is 5.39. The highest BCUT2D eigenvalue weighted by atomic mass is 32.1. The standard InChI is InChI=1S/C15H16N4O2S/c20-13-9-12(10-19(13)15-18-7-8-22-15)14(21)17-6-3-11-1-4-16-5-2-11/h1-2,4-5,7-8,12H,3,6,9-10H2,(H,17,21). The maximum Gasteiger partial charge on any atom is 0.229 e. The third-order valence-electron chi connectivity index (χ3n) is 3.61. The summed E-state index contributed by atoms with van der Waals surface area (Å²) in [6, 6.07) is 3.85. The van der Waals surface area contributed by atoms with Crippen molar-refractivity contribution in [3.8, 4) is 0 Å². The fourth-order valence-electron chi connectivity index (χ4n) is 2.44. The zero-order chi connectivity index (χ0) is 15.4. The minimum Gasteiger partial charge on any atom is -0.355 e. The van der Waals surface area contributed by atoms with Crippen molar-refractivity contribution in [2.45, 2.75) is 12.8 Å². The van der Waals surface area contributed by atoms with E-state index in [0.29, 0.717) is 18.2 Å². The minimum atomic E-state index is -0.297. The molecule has 0 aromatic carbocycles. The van der Waals surface area contributed by atoms with Gasteiger partial charge in [-0.3, -0.25) is 19.5 Å². The number of amides is 2. The van der Waals surface area contributed by atoms with Crippen LogP contribution in [0.15, 0.2) is 36.1 Å². The second kappa shape index (κ2) is 6.65. The third kappa shape index (κ3) is 3.30. The summed E-state index contributed by atoms with van der Waals surface area (Å²) in [4.78, 5) is 33.8. The zero-order valence-electron chi connectivity index (χ0n) is 11.9. The summed E-state index contributed by atoms with van der Waals surface area (Å²) in [5.74, 6) is -0.403. The lowest BCUT2D eigenvalue weighted by molar-refractivity contribution is -0.126. The van der Waals surface area contributed by atoms with Gasteiger partial charge in [0.2, 0.25) is 11.8 Å². The van der Waals surface area contributed by atoms with Crippen LogP contribution >= 0.6 is 11.3 Å². The molecule has 7 heteroatoms. The van der Waals surface area contributed by atoms with Crippen molar-refractivity contribution in [2.75, 3.05) is 18.0 Å². The first-order valence-electron chi connectivity index (χ1n) is 7.10. The topological polar surface area (TPSA) is 75.2 Å². The van der Waals surface area contributed by atoms with Crippen molar-refractivity contribution in [1.82, 2.24) is 15.3 Å². The number of carbonyl (C=O) groups excluding carboxylic acids is 2. The maximum atomic E-state index is 12.2. The van der Waals surface area contributed by atoms with Crippen molar-refractivity contribution in [3.05, 3.63) is 41.7 Å². The minimum absolute atomic E-state index is 0.0377. The van der Waals surface area contributed by atoms with Crippen LogP contribution < -0.4 is 10.2 Å². The molecule has 1 N–H and O–H groups in total. The summed E-state index contributed by atoms with van der Waals surface area (Å²) in [6.45, 7) is 0.970. The molecule has 1 aliphatic rings. The van der Waals surface area contributed by atoms with Crippen LogP contribution in [0.4, 0.5) is 5.13 Å². The van der Waals surface area contributed by atoms with E-state index in [0.717, 1.165) is 12.0 Å². The van der Waals surface area contributed by atoms with Crippen LogP contribution in [-0.2, 0) is 16.0 Å². The number of carbonyl (C=O) groups is 2. The van der Waals surface area contributed by atoms with Crippen LogP contribution in [0.1, 0.15) is 12.0 Å². The van der Waals surface area contributed by atoms with Gasteiger partial charge in [-0.25, -0.2) is 4.98 Å². The zero-order valence-corrected chi connectivity index (χ0v) is 12.8. The molecule has 0 spiro atoms. The van der Waals surface area contributed by atoms with Crippen molar-refractivity contribution in [1.29, 1.82) is 0 Å².